The summed E-state index contributed by atoms with van der Waals surface area (Å²) in [5.41, 5.74) is 6.21. The Kier molecular flexibility index (Phi) is 11.6. The summed E-state index contributed by atoms with van der Waals surface area (Å²) < 4.78 is 10.7. The summed E-state index contributed by atoms with van der Waals surface area (Å²) in [6.45, 7) is 6.17. The highest BCUT2D eigenvalue weighted by molar-refractivity contribution is 5.85. The molecule has 144 valence electrons. The number of nitrogens with one attached hydrogen (secondary N) is 1. The number of likely N-dealkylation sites (N-methyl/N-ethyl adjacent to an activating group) is 1. The van der Waals surface area contributed by atoms with Crippen LogP contribution in [0.4, 0.5) is 0 Å². The second kappa shape index (κ2) is 12.2. The molecule has 1 fully saturated rings. The van der Waals surface area contributed by atoms with Crippen molar-refractivity contribution in [3.63, 3.8) is 0 Å². The summed E-state index contributed by atoms with van der Waals surface area (Å²) in [6.07, 6.45) is 2.56. The van der Waals surface area contributed by atoms with Gasteiger partial charge in [0.2, 0.25) is 0 Å². The SMILES string of the molecule is CCN1CCCC1CNCc1ccc(OCC(N)=O)c(OC)c1.Cl.Cl. The lowest BCUT2D eigenvalue weighted by atomic mass is 10.2. The Morgan fingerprint density at radius 1 is 1.36 bits per heavy atom. The van der Waals surface area contributed by atoms with E-state index >= 15 is 0 Å². The van der Waals surface area contributed by atoms with Crippen LogP contribution in [0.2, 0.25) is 0 Å². The summed E-state index contributed by atoms with van der Waals surface area (Å²) >= 11 is 0. The Balaban J connectivity index is 0.00000288. The quantitative estimate of drug-likeness (QED) is 0.670. The number of hydrogen-bond acceptors (Lipinski definition) is 5. The van der Waals surface area contributed by atoms with E-state index in [1.165, 1.54) is 19.4 Å². The van der Waals surface area contributed by atoms with E-state index in [-0.39, 0.29) is 31.4 Å². The number of methoxy groups -OCH3 is 1. The lowest BCUT2D eigenvalue weighted by Crippen LogP contribution is -2.37. The topological polar surface area (TPSA) is 76.8 Å². The molecule has 1 aromatic rings. The van der Waals surface area contributed by atoms with Crippen LogP contribution in [0.3, 0.4) is 0 Å². The Morgan fingerprint density at radius 2 is 2.12 bits per heavy atom. The molecule has 0 saturated carbocycles. The Hall–Kier alpha value is -1.21. The van der Waals surface area contributed by atoms with Gasteiger partial charge in [-0.25, -0.2) is 0 Å². The predicted molar refractivity (Wildman–Crippen MR) is 104 cm³/mol. The Morgan fingerprint density at radius 3 is 2.76 bits per heavy atom. The van der Waals surface area contributed by atoms with E-state index in [0.717, 1.165) is 25.2 Å². The van der Waals surface area contributed by atoms with Crippen molar-refractivity contribution in [3.8, 4) is 11.5 Å². The van der Waals surface area contributed by atoms with E-state index in [1.807, 2.05) is 18.2 Å². The summed E-state index contributed by atoms with van der Waals surface area (Å²) in [7, 11) is 1.58. The number of primary amides is 1. The van der Waals surface area contributed by atoms with Gasteiger partial charge in [0.25, 0.3) is 5.91 Å². The molecule has 8 heteroatoms. The minimum absolute atomic E-state index is 0. The molecule has 1 amide bonds. The maximum Gasteiger partial charge on any atom is 0.255 e. The normalized spacial score (nSPS) is 16.6. The smallest absolute Gasteiger partial charge is 0.255 e. The number of halogens is 2. The number of amides is 1. The molecule has 1 aromatic carbocycles. The molecule has 0 bridgehead atoms. The number of nitrogens with two attached hydrogens (primary N) is 1. The molecule has 1 aliphatic rings. The lowest BCUT2D eigenvalue weighted by Gasteiger charge is -2.23. The van der Waals surface area contributed by atoms with Crippen molar-refractivity contribution in [3.05, 3.63) is 23.8 Å². The maximum atomic E-state index is 10.8. The first-order valence-electron chi connectivity index (χ1n) is 8.16. The number of benzene rings is 1. The molecule has 0 spiro atoms. The van der Waals surface area contributed by atoms with Crippen molar-refractivity contribution in [2.45, 2.75) is 32.4 Å². The van der Waals surface area contributed by atoms with Crippen LogP contribution in [-0.2, 0) is 11.3 Å². The van der Waals surface area contributed by atoms with E-state index in [4.69, 9.17) is 15.2 Å². The van der Waals surface area contributed by atoms with Crippen LogP contribution in [0, 0.1) is 0 Å². The van der Waals surface area contributed by atoms with Crippen LogP contribution < -0.4 is 20.5 Å². The number of ether oxygens (including phenoxy) is 2. The Labute approximate surface area is 162 Å². The van der Waals surface area contributed by atoms with Gasteiger partial charge in [-0.2, -0.15) is 0 Å². The lowest BCUT2D eigenvalue weighted by molar-refractivity contribution is -0.119. The molecule has 0 aromatic heterocycles. The first-order chi connectivity index (χ1) is 11.1. The number of rotatable bonds is 9. The standard InChI is InChI=1S/C17H27N3O3.2ClH/c1-3-20-8-4-5-14(20)11-19-10-13-6-7-15(16(9-13)22-2)23-12-17(18)21;;/h6-7,9,14,19H,3-5,8,10-12H2,1-2H3,(H2,18,21);2*1H. The third kappa shape index (κ3) is 7.28. The highest BCUT2D eigenvalue weighted by atomic mass is 35.5. The van der Waals surface area contributed by atoms with Crippen LogP contribution in [-0.4, -0.2) is 50.2 Å². The van der Waals surface area contributed by atoms with Crippen LogP contribution in [0.15, 0.2) is 18.2 Å². The molecule has 2 rings (SSSR count). The first kappa shape index (κ1) is 23.8. The fraction of sp³-hybridized carbons (Fsp3) is 0.588. The van der Waals surface area contributed by atoms with Crippen molar-refractivity contribution in [2.75, 3.05) is 33.4 Å². The van der Waals surface area contributed by atoms with E-state index in [9.17, 15) is 4.79 Å². The summed E-state index contributed by atoms with van der Waals surface area (Å²) in [4.78, 5) is 13.3. The van der Waals surface area contributed by atoms with Crippen molar-refractivity contribution in [1.82, 2.24) is 10.2 Å². The molecule has 3 N–H and O–H groups in total. The van der Waals surface area contributed by atoms with Crippen LogP contribution in [0.1, 0.15) is 25.3 Å². The Bertz CT molecular complexity index is 532. The van der Waals surface area contributed by atoms with Crippen molar-refractivity contribution >= 4 is 30.7 Å². The second-order valence-electron chi connectivity index (χ2n) is 5.80. The maximum absolute atomic E-state index is 10.8. The highest BCUT2D eigenvalue weighted by Crippen LogP contribution is 2.28. The van der Waals surface area contributed by atoms with E-state index in [2.05, 4.69) is 17.1 Å². The molecule has 1 atom stereocenters. The van der Waals surface area contributed by atoms with E-state index < -0.39 is 5.91 Å². The molecule has 1 unspecified atom stereocenters. The zero-order valence-corrected chi connectivity index (χ0v) is 16.5. The minimum Gasteiger partial charge on any atom is -0.493 e. The highest BCUT2D eigenvalue weighted by Gasteiger charge is 2.22. The second-order valence-corrected chi connectivity index (χ2v) is 5.80. The van der Waals surface area contributed by atoms with Gasteiger partial charge in [0.1, 0.15) is 0 Å². The predicted octanol–water partition coefficient (Wildman–Crippen LogP) is 1.98. The van der Waals surface area contributed by atoms with Gasteiger partial charge in [-0.15, -0.1) is 24.8 Å². The molecular formula is C17H29Cl2N3O3. The van der Waals surface area contributed by atoms with Crippen LogP contribution in [0.25, 0.3) is 0 Å². The van der Waals surface area contributed by atoms with Crippen molar-refractivity contribution < 1.29 is 14.3 Å². The summed E-state index contributed by atoms with van der Waals surface area (Å²) in [5.74, 6) is 0.638. The monoisotopic (exact) mass is 393 g/mol. The van der Waals surface area contributed by atoms with Crippen LogP contribution in [0.5, 0.6) is 11.5 Å². The molecule has 6 nitrogen and oxygen atoms in total. The van der Waals surface area contributed by atoms with Gasteiger partial charge in [0.05, 0.1) is 7.11 Å². The molecule has 1 heterocycles. The number of hydrogen-bond donors (Lipinski definition) is 2. The fourth-order valence-corrected chi connectivity index (χ4v) is 3.02. The first-order valence-corrected chi connectivity index (χ1v) is 8.16. The average Bonchev–Trinajstić information content (AvgIpc) is 3.00. The van der Waals surface area contributed by atoms with Gasteiger partial charge in [-0.3, -0.25) is 9.69 Å². The molecule has 25 heavy (non-hydrogen) atoms. The van der Waals surface area contributed by atoms with Crippen LogP contribution >= 0.6 is 24.8 Å². The number of carbonyl (C=O) groups is 1. The van der Waals surface area contributed by atoms with E-state index in [1.54, 1.807) is 7.11 Å². The average molecular weight is 394 g/mol. The molecule has 0 radical (unpaired) electrons. The molecule has 0 aliphatic carbocycles. The minimum atomic E-state index is -0.505. The third-order valence-electron chi connectivity index (χ3n) is 4.21. The van der Waals surface area contributed by atoms with Gasteiger partial charge in [0.15, 0.2) is 18.1 Å². The van der Waals surface area contributed by atoms with Gasteiger partial charge < -0.3 is 20.5 Å². The third-order valence-corrected chi connectivity index (χ3v) is 4.21. The van der Waals surface area contributed by atoms with Gasteiger partial charge in [0, 0.05) is 19.1 Å². The van der Waals surface area contributed by atoms with Crippen molar-refractivity contribution in [1.29, 1.82) is 0 Å². The van der Waals surface area contributed by atoms with Crippen molar-refractivity contribution in [2.24, 2.45) is 5.73 Å². The van der Waals surface area contributed by atoms with Gasteiger partial charge in [-0.1, -0.05) is 13.0 Å². The molecular weight excluding hydrogens is 365 g/mol. The van der Waals surface area contributed by atoms with Gasteiger partial charge in [-0.05, 0) is 43.6 Å². The van der Waals surface area contributed by atoms with E-state index in [0.29, 0.717) is 17.5 Å². The zero-order chi connectivity index (χ0) is 16.7. The fourth-order valence-electron chi connectivity index (χ4n) is 3.02. The number of carbonyl (C=O) groups excluding carboxylic acids is 1. The largest absolute Gasteiger partial charge is 0.493 e. The molecule has 1 saturated heterocycles. The zero-order valence-electron chi connectivity index (χ0n) is 14.8. The summed E-state index contributed by atoms with van der Waals surface area (Å²) in [5, 5.41) is 3.52. The van der Waals surface area contributed by atoms with Gasteiger partial charge >= 0.3 is 0 Å². The number of nitrogens with zero attached hydrogens (tertiary/aromatic N) is 1. The molecule has 1 aliphatic heterocycles. The summed E-state index contributed by atoms with van der Waals surface area (Å²) in [6, 6.07) is 6.35. The number of likely N-dealkylation sites (tertiary alicyclic amines) is 1.